The second-order valence-corrected chi connectivity index (χ2v) is 9.09. The van der Waals surface area contributed by atoms with Crippen LogP contribution in [0.3, 0.4) is 0 Å². The van der Waals surface area contributed by atoms with Crippen LogP contribution in [0.1, 0.15) is 39.0 Å². The summed E-state index contributed by atoms with van der Waals surface area (Å²) in [6.07, 6.45) is 4.41. The van der Waals surface area contributed by atoms with Crippen LogP contribution < -0.4 is 15.4 Å². The molecule has 1 aromatic rings. The molecule has 3 rings (SSSR count). The monoisotopic (exact) mass is 351 g/mol. The summed E-state index contributed by atoms with van der Waals surface area (Å²) in [5.74, 6) is -0.0476. The van der Waals surface area contributed by atoms with Crippen molar-refractivity contribution in [1.82, 2.24) is 0 Å². The topological polar surface area (TPSA) is 92.5 Å². The van der Waals surface area contributed by atoms with Crippen LogP contribution in [0.4, 0.5) is 11.4 Å². The largest absolute Gasteiger partial charge is 0.326 e. The lowest BCUT2D eigenvalue weighted by Crippen LogP contribution is -2.51. The van der Waals surface area contributed by atoms with Gasteiger partial charge < -0.3 is 11.1 Å². The van der Waals surface area contributed by atoms with Crippen molar-refractivity contribution < 1.29 is 13.2 Å². The van der Waals surface area contributed by atoms with E-state index in [1.165, 1.54) is 4.31 Å². The molecule has 0 aromatic heterocycles. The van der Waals surface area contributed by atoms with Crippen molar-refractivity contribution >= 4 is 27.3 Å². The van der Waals surface area contributed by atoms with Crippen molar-refractivity contribution in [2.24, 2.45) is 11.7 Å². The number of hydrogen-bond donors (Lipinski definition) is 2. The van der Waals surface area contributed by atoms with Crippen LogP contribution in [0.5, 0.6) is 0 Å². The van der Waals surface area contributed by atoms with E-state index in [-0.39, 0.29) is 17.6 Å². The standard InChI is InChI=1S/C17H25N3O3S/c1-17(18)10-3-2-5-15(17)16(21)19-13-6-8-14(9-7-13)20-11-4-12-24(20,22)23/h6-9,15H,2-5,10-12,18H2,1H3,(H,19,21). The van der Waals surface area contributed by atoms with Gasteiger partial charge in [-0.15, -0.1) is 0 Å². The number of sulfonamides is 1. The fraction of sp³-hybridized carbons (Fsp3) is 0.588. The zero-order chi connectivity index (χ0) is 17.4. The van der Waals surface area contributed by atoms with Crippen LogP contribution in [0.25, 0.3) is 0 Å². The summed E-state index contributed by atoms with van der Waals surface area (Å²) in [6.45, 7) is 2.46. The van der Waals surface area contributed by atoms with Gasteiger partial charge >= 0.3 is 0 Å². The molecule has 24 heavy (non-hydrogen) atoms. The number of hydrogen-bond acceptors (Lipinski definition) is 4. The maximum Gasteiger partial charge on any atom is 0.235 e. The average molecular weight is 351 g/mol. The number of benzene rings is 1. The zero-order valence-corrected chi connectivity index (χ0v) is 14.8. The summed E-state index contributed by atoms with van der Waals surface area (Å²) >= 11 is 0. The molecule has 0 radical (unpaired) electrons. The Balaban J connectivity index is 1.69. The van der Waals surface area contributed by atoms with Crippen molar-refractivity contribution in [2.45, 2.75) is 44.6 Å². The fourth-order valence-corrected chi connectivity index (χ4v) is 5.22. The number of anilines is 2. The molecular formula is C17H25N3O3S. The molecule has 1 saturated carbocycles. The summed E-state index contributed by atoms with van der Waals surface area (Å²) in [4.78, 5) is 12.5. The van der Waals surface area contributed by atoms with E-state index in [0.717, 1.165) is 25.7 Å². The Morgan fingerprint density at radius 1 is 1.25 bits per heavy atom. The van der Waals surface area contributed by atoms with E-state index < -0.39 is 15.6 Å². The predicted molar refractivity (Wildman–Crippen MR) is 95.4 cm³/mol. The molecule has 3 N–H and O–H groups in total. The molecule has 2 aliphatic rings. The van der Waals surface area contributed by atoms with Gasteiger partial charge in [0.1, 0.15) is 0 Å². The lowest BCUT2D eigenvalue weighted by molar-refractivity contribution is -0.122. The highest BCUT2D eigenvalue weighted by atomic mass is 32.2. The van der Waals surface area contributed by atoms with Crippen molar-refractivity contribution in [3.63, 3.8) is 0 Å². The van der Waals surface area contributed by atoms with Gasteiger partial charge in [-0.3, -0.25) is 9.10 Å². The Hall–Kier alpha value is -1.60. The van der Waals surface area contributed by atoms with Gasteiger partial charge in [-0.1, -0.05) is 12.8 Å². The van der Waals surface area contributed by atoms with E-state index in [9.17, 15) is 13.2 Å². The molecule has 1 aliphatic carbocycles. The lowest BCUT2D eigenvalue weighted by atomic mass is 9.74. The van der Waals surface area contributed by atoms with Gasteiger partial charge in [-0.05, 0) is 50.5 Å². The van der Waals surface area contributed by atoms with Gasteiger partial charge in [-0.2, -0.15) is 0 Å². The number of nitrogens with zero attached hydrogens (tertiary/aromatic N) is 1. The van der Waals surface area contributed by atoms with Crippen molar-refractivity contribution in [2.75, 3.05) is 21.9 Å². The van der Waals surface area contributed by atoms with Gasteiger partial charge in [0, 0.05) is 17.8 Å². The SMILES string of the molecule is CC1(N)CCCCC1C(=O)Nc1ccc(N2CCCS2(=O)=O)cc1. The molecule has 2 atom stereocenters. The smallest absolute Gasteiger partial charge is 0.235 e. The minimum absolute atomic E-state index is 0.0544. The lowest BCUT2D eigenvalue weighted by Gasteiger charge is -2.37. The Morgan fingerprint density at radius 2 is 1.96 bits per heavy atom. The Kier molecular flexibility index (Phi) is 4.57. The summed E-state index contributed by atoms with van der Waals surface area (Å²) in [5, 5.41) is 2.92. The van der Waals surface area contributed by atoms with Crippen LogP contribution in [0.2, 0.25) is 0 Å². The molecule has 1 amide bonds. The number of nitrogens with two attached hydrogens (primary N) is 1. The van der Waals surface area contributed by atoms with Gasteiger partial charge in [-0.25, -0.2) is 8.42 Å². The molecular weight excluding hydrogens is 326 g/mol. The number of carbonyl (C=O) groups excluding carboxylic acids is 1. The summed E-state index contributed by atoms with van der Waals surface area (Å²) in [5.41, 5.74) is 7.13. The Labute approximate surface area is 143 Å². The van der Waals surface area contributed by atoms with E-state index in [4.69, 9.17) is 5.73 Å². The van der Waals surface area contributed by atoms with Crippen LogP contribution in [0.15, 0.2) is 24.3 Å². The molecule has 1 saturated heterocycles. The number of carbonyl (C=O) groups is 1. The first-order valence-electron chi connectivity index (χ1n) is 8.50. The van der Waals surface area contributed by atoms with Crippen molar-refractivity contribution in [1.29, 1.82) is 0 Å². The molecule has 7 heteroatoms. The van der Waals surface area contributed by atoms with E-state index in [1.807, 2.05) is 6.92 Å². The molecule has 0 spiro atoms. The van der Waals surface area contributed by atoms with Gasteiger partial charge in [0.15, 0.2) is 0 Å². The number of nitrogens with one attached hydrogen (secondary N) is 1. The third-order valence-corrected chi connectivity index (χ3v) is 6.96. The predicted octanol–water partition coefficient (Wildman–Crippen LogP) is 2.07. The molecule has 132 valence electrons. The second-order valence-electron chi connectivity index (χ2n) is 7.08. The zero-order valence-electron chi connectivity index (χ0n) is 14.0. The van der Waals surface area contributed by atoms with Crippen LogP contribution in [0, 0.1) is 5.92 Å². The molecule has 2 fully saturated rings. The molecule has 1 heterocycles. The van der Waals surface area contributed by atoms with Crippen molar-refractivity contribution in [3.05, 3.63) is 24.3 Å². The summed E-state index contributed by atoms with van der Waals surface area (Å²) in [6, 6.07) is 6.97. The maximum absolute atomic E-state index is 12.5. The summed E-state index contributed by atoms with van der Waals surface area (Å²) in [7, 11) is -3.18. The normalized spacial score (nSPS) is 29.4. The van der Waals surface area contributed by atoms with Crippen LogP contribution in [-0.4, -0.2) is 32.2 Å². The molecule has 6 nitrogen and oxygen atoms in total. The Morgan fingerprint density at radius 3 is 2.54 bits per heavy atom. The quantitative estimate of drug-likeness (QED) is 0.872. The van der Waals surface area contributed by atoms with Gasteiger partial charge in [0.05, 0.1) is 17.4 Å². The van der Waals surface area contributed by atoms with E-state index in [2.05, 4.69) is 5.32 Å². The Bertz CT molecular complexity index is 713. The highest BCUT2D eigenvalue weighted by molar-refractivity contribution is 7.93. The molecule has 1 aliphatic heterocycles. The number of amides is 1. The molecule has 1 aromatic carbocycles. The first-order valence-corrected chi connectivity index (χ1v) is 10.1. The fourth-order valence-electron chi connectivity index (χ4n) is 3.66. The average Bonchev–Trinajstić information content (AvgIpc) is 2.87. The third-order valence-electron chi connectivity index (χ3n) is 5.09. The highest BCUT2D eigenvalue weighted by Gasteiger charge is 2.37. The van der Waals surface area contributed by atoms with Crippen molar-refractivity contribution in [3.8, 4) is 0 Å². The minimum atomic E-state index is -3.18. The van der Waals surface area contributed by atoms with E-state index >= 15 is 0 Å². The first-order chi connectivity index (χ1) is 11.3. The highest BCUT2D eigenvalue weighted by Crippen LogP contribution is 2.33. The summed E-state index contributed by atoms with van der Waals surface area (Å²) < 4.78 is 25.3. The molecule has 2 unspecified atom stereocenters. The van der Waals surface area contributed by atoms with Crippen LogP contribution >= 0.6 is 0 Å². The van der Waals surface area contributed by atoms with E-state index in [1.54, 1.807) is 24.3 Å². The maximum atomic E-state index is 12.5. The van der Waals surface area contributed by atoms with Gasteiger partial charge in [0.25, 0.3) is 0 Å². The molecule has 0 bridgehead atoms. The third kappa shape index (κ3) is 3.42. The van der Waals surface area contributed by atoms with Crippen LogP contribution in [-0.2, 0) is 14.8 Å². The van der Waals surface area contributed by atoms with E-state index in [0.29, 0.717) is 24.3 Å². The van der Waals surface area contributed by atoms with Gasteiger partial charge in [0.2, 0.25) is 15.9 Å². The minimum Gasteiger partial charge on any atom is -0.326 e. The first kappa shape index (κ1) is 17.2. The second kappa shape index (κ2) is 6.37. The number of rotatable bonds is 3.